The number of nitrogens with zero attached hydrogens (tertiary/aromatic N) is 2. The van der Waals surface area contributed by atoms with Crippen LogP contribution in [0.5, 0.6) is 0 Å². The van der Waals surface area contributed by atoms with Gasteiger partial charge in [-0.05, 0) is 27.2 Å². The summed E-state index contributed by atoms with van der Waals surface area (Å²) in [4.78, 5) is 4.21. The summed E-state index contributed by atoms with van der Waals surface area (Å²) in [6, 6.07) is 0.573. The Labute approximate surface area is 82.7 Å². The van der Waals surface area contributed by atoms with Gasteiger partial charge in [0.15, 0.2) is 0 Å². The number of nitrogens with two attached hydrogens (primary N) is 1. The van der Waals surface area contributed by atoms with Crippen LogP contribution < -0.4 is 11.1 Å². The largest absolute Gasteiger partial charge is 0.358 e. The predicted octanol–water partition coefficient (Wildman–Crippen LogP) is 1.38. The summed E-state index contributed by atoms with van der Waals surface area (Å²) in [6.45, 7) is 5.99. The quantitative estimate of drug-likeness (QED) is 0.771. The van der Waals surface area contributed by atoms with Crippen molar-refractivity contribution in [3.63, 3.8) is 0 Å². The van der Waals surface area contributed by atoms with Gasteiger partial charge in [0.25, 0.3) is 0 Å². The highest BCUT2D eigenvalue weighted by Gasteiger charge is 2.07. The molecule has 4 nitrogen and oxygen atoms in total. The van der Waals surface area contributed by atoms with E-state index in [9.17, 15) is 0 Å². The van der Waals surface area contributed by atoms with Gasteiger partial charge >= 0.3 is 0 Å². The third-order valence-corrected chi connectivity index (χ3v) is 2.36. The average Bonchev–Trinajstić information content (AvgIpc) is 2.33. The second-order valence-corrected chi connectivity index (χ2v) is 4.16. The molecule has 0 aromatic carbocycles. The van der Waals surface area contributed by atoms with Crippen LogP contribution in [-0.4, -0.2) is 21.4 Å². The highest BCUT2D eigenvalue weighted by molar-refractivity contribution is 7.09. The maximum atomic E-state index is 5.68. The minimum Gasteiger partial charge on any atom is -0.358 e. The normalized spacial score (nSPS) is 15.4. The van der Waals surface area contributed by atoms with E-state index in [1.165, 1.54) is 11.5 Å². The van der Waals surface area contributed by atoms with Crippen molar-refractivity contribution in [3.05, 3.63) is 5.82 Å². The number of rotatable bonds is 4. The minimum atomic E-state index is 0.219. The molecule has 0 saturated heterocycles. The number of aryl methyl sites for hydroxylation is 1. The van der Waals surface area contributed by atoms with Crippen molar-refractivity contribution in [1.82, 2.24) is 9.36 Å². The van der Waals surface area contributed by atoms with Crippen molar-refractivity contribution in [1.29, 1.82) is 0 Å². The summed E-state index contributed by atoms with van der Waals surface area (Å²) in [6.07, 6.45) is 0.943. The van der Waals surface area contributed by atoms with Gasteiger partial charge in [0.2, 0.25) is 5.13 Å². The molecule has 0 fully saturated rings. The zero-order chi connectivity index (χ0) is 9.84. The van der Waals surface area contributed by atoms with Gasteiger partial charge in [-0.3, -0.25) is 0 Å². The Morgan fingerprint density at radius 1 is 1.54 bits per heavy atom. The summed E-state index contributed by atoms with van der Waals surface area (Å²) < 4.78 is 4.09. The summed E-state index contributed by atoms with van der Waals surface area (Å²) in [5, 5.41) is 4.14. The molecule has 3 N–H and O–H groups in total. The fourth-order valence-corrected chi connectivity index (χ4v) is 1.87. The Bertz CT molecular complexity index is 258. The van der Waals surface area contributed by atoms with E-state index in [1.807, 2.05) is 13.8 Å². The fraction of sp³-hybridized carbons (Fsp3) is 0.750. The van der Waals surface area contributed by atoms with Gasteiger partial charge in [-0.15, -0.1) is 0 Å². The van der Waals surface area contributed by atoms with Crippen molar-refractivity contribution in [3.8, 4) is 0 Å². The zero-order valence-corrected chi connectivity index (χ0v) is 9.06. The fourth-order valence-electron chi connectivity index (χ4n) is 1.18. The molecule has 0 radical (unpaired) electrons. The van der Waals surface area contributed by atoms with Crippen molar-refractivity contribution in [2.75, 3.05) is 5.32 Å². The van der Waals surface area contributed by atoms with Crippen LogP contribution in [0.1, 0.15) is 26.1 Å². The molecule has 0 amide bonds. The third-order valence-electron chi connectivity index (χ3n) is 1.62. The summed E-state index contributed by atoms with van der Waals surface area (Å²) >= 11 is 1.39. The summed E-state index contributed by atoms with van der Waals surface area (Å²) in [5.74, 6) is 0.820. The Balaban J connectivity index is 2.40. The van der Waals surface area contributed by atoms with Crippen LogP contribution >= 0.6 is 11.5 Å². The summed E-state index contributed by atoms with van der Waals surface area (Å²) in [5.41, 5.74) is 5.68. The van der Waals surface area contributed by atoms with Gasteiger partial charge in [0, 0.05) is 23.6 Å². The Kier molecular flexibility index (Phi) is 3.62. The van der Waals surface area contributed by atoms with Crippen LogP contribution in [-0.2, 0) is 0 Å². The lowest BCUT2D eigenvalue weighted by atomic mass is 10.1. The lowest BCUT2D eigenvalue weighted by molar-refractivity contribution is 0.604. The number of hydrogen-bond acceptors (Lipinski definition) is 5. The molecular weight excluding hydrogens is 184 g/mol. The van der Waals surface area contributed by atoms with Gasteiger partial charge in [-0.25, -0.2) is 4.98 Å². The molecule has 0 bridgehead atoms. The third kappa shape index (κ3) is 3.69. The van der Waals surface area contributed by atoms with E-state index >= 15 is 0 Å². The standard InChI is InChI=1S/C8H16N4S/c1-5(9)4-6(2)10-8-11-7(3)12-13-8/h5-6H,4,9H2,1-3H3,(H,10,11,12). The topological polar surface area (TPSA) is 63.8 Å². The van der Waals surface area contributed by atoms with Gasteiger partial charge in [-0.1, -0.05) is 0 Å². The van der Waals surface area contributed by atoms with E-state index in [2.05, 4.69) is 21.6 Å². The maximum Gasteiger partial charge on any atom is 0.202 e. The highest BCUT2D eigenvalue weighted by atomic mass is 32.1. The van der Waals surface area contributed by atoms with E-state index in [1.54, 1.807) is 0 Å². The van der Waals surface area contributed by atoms with E-state index in [0.29, 0.717) is 6.04 Å². The average molecular weight is 200 g/mol. The molecule has 1 heterocycles. The van der Waals surface area contributed by atoms with Gasteiger partial charge < -0.3 is 11.1 Å². The lowest BCUT2D eigenvalue weighted by Gasteiger charge is -2.14. The second-order valence-electron chi connectivity index (χ2n) is 3.41. The molecule has 74 valence electrons. The second kappa shape index (κ2) is 4.53. The Morgan fingerprint density at radius 3 is 2.69 bits per heavy atom. The van der Waals surface area contributed by atoms with Crippen molar-refractivity contribution in [2.24, 2.45) is 5.73 Å². The van der Waals surface area contributed by atoms with E-state index in [4.69, 9.17) is 5.73 Å². The van der Waals surface area contributed by atoms with Crippen LogP contribution in [0.2, 0.25) is 0 Å². The van der Waals surface area contributed by atoms with Crippen molar-refractivity contribution in [2.45, 2.75) is 39.3 Å². The first-order valence-electron chi connectivity index (χ1n) is 4.40. The van der Waals surface area contributed by atoms with E-state index < -0.39 is 0 Å². The van der Waals surface area contributed by atoms with Gasteiger partial charge in [0.1, 0.15) is 5.82 Å². The minimum absolute atomic E-state index is 0.219. The van der Waals surface area contributed by atoms with Crippen molar-refractivity contribution >= 4 is 16.7 Å². The molecule has 2 unspecified atom stereocenters. The molecular formula is C8H16N4S. The molecule has 0 saturated carbocycles. The van der Waals surface area contributed by atoms with Gasteiger partial charge in [0.05, 0.1) is 0 Å². The number of aromatic nitrogens is 2. The SMILES string of the molecule is Cc1nsc(NC(C)CC(C)N)n1. The number of nitrogens with one attached hydrogen (secondary N) is 1. The molecule has 1 rings (SSSR count). The monoisotopic (exact) mass is 200 g/mol. The lowest BCUT2D eigenvalue weighted by Crippen LogP contribution is -2.26. The molecule has 1 aromatic heterocycles. The molecule has 5 heteroatoms. The smallest absolute Gasteiger partial charge is 0.202 e. The number of anilines is 1. The van der Waals surface area contributed by atoms with Crippen LogP contribution in [0.25, 0.3) is 0 Å². The number of hydrogen-bond donors (Lipinski definition) is 2. The molecule has 0 aliphatic rings. The van der Waals surface area contributed by atoms with Crippen LogP contribution in [0, 0.1) is 6.92 Å². The van der Waals surface area contributed by atoms with E-state index in [0.717, 1.165) is 17.4 Å². The Hall–Kier alpha value is -0.680. The van der Waals surface area contributed by atoms with E-state index in [-0.39, 0.29) is 6.04 Å². The van der Waals surface area contributed by atoms with Crippen LogP contribution in [0.15, 0.2) is 0 Å². The Morgan fingerprint density at radius 2 is 2.23 bits per heavy atom. The zero-order valence-electron chi connectivity index (χ0n) is 8.24. The first-order valence-corrected chi connectivity index (χ1v) is 5.17. The first kappa shape index (κ1) is 10.4. The highest BCUT2D eigenvalue weighted by Crippen LogP contribution is 2.12. The van der Waals surface area contributed by atoms with Crippen LogP contribution in [0.3, 0.4) is 0 Å². The summed E-state index contributed by atoms with van der Waals surface area (Å²) in [7, 11) is 0. The molecule has 2 atom stereocenters. The van der Waals surface area contributed by atoms with Gasteiger partial charge in [-0.2, -0.15) is 4.37 Å². The molecule has 0 aliphatic carbocycles. The van der Waals surface area contributed by atoms with Crippen molar-refractivity contribution < 1.29 is 0 Å². The molecule has 13 heavy (non-hydrogen) atoms. The first-order chi connectivity index (χ1) is 6.08. The molecule has 0 spiro atoms. The molecule has 0 aliphatic heterocycles. The maximum absolute atomic E-state index is 5.68. The van der Waals surface area contributed by atoms with Crippen LogP contribution in [0.4, 0.5) is 5.13 Å². The predicted molar refractivity (Wildman–Crippen MR) is 56.0 cm³/mol. The molecule has 1 aromatic rings.